The van der Waals surface area contributed by atoms with Crippen LogP contribution in [0.4, 0.5) is 5.82 Å². The van der Waals surface area contributed by atoms with Crippen molar-refractivity contribution in [2.45, 2.75) is 6.54 Å². The molecule has 2 N–H and O–H groups in total. The van der Waals surface area contributed by atoms with E-state index in [-0.39, 0.29) is 5.15 Å². The molecule has 16 heavy (non-hydrogen) atoms. The van der Waals surface area contributed by atoms with Crippen molar-refractivity contribution < 1.29 is 4.74 Å². The second-order valence-corrected chi connectivity index (χ2v) is 3.09. The van der Waals surface area contributed by atoms with E-state index in [0.29, 0.717) is 23.9 Å². The summed E-state index contributed by atoms with van der Waals surface area (Å²) in [5.74, 6) is 1.37. The number of H-pyrrole nitrogens is 1. The Morgan fingerprint density at radius 1 is 1.50 bits per heavy atom. The summed E-state index contributed by atoms with van der Waals surface area (Å²) in [6.45, 7) is 0.361. The number of aromatic nitrogens is 6. The molecule has 0 bridgehead atoms. The van der Waals surface area contributed by atoms with Crippen LogP contribution in [0.2, 0.25) is 5.15 Å². The molecule has 0 radical (unpaired) electrons. The Morgan fingerprint density at radius 2 is 2.38 bits per heavy atom. The maximum atomic E-state index is 5.82. The zero-order valence-electron chi connectivity index (χ0n) is 8.31. The van der Waals surface area contributed by atoms with Crippen molar-refractivity contribution in [2.75, 3.05) is 12.4 Å². The first-order valence-corrected chi connectivity index (χ1v) is 4.69. The number of tetrazole rings is 1. The predicted molar refractivity (Wildman–Crippen MR) is 55.1 cm³/mol. The number of methoxy groups -OCH3 is 1. The first-order valence-electron chi connectivity index (χ1n) is 4.32. The monoisotopic (exact) mass is 241 g/mol. The van der Waals surface area contributed by atoms with Crippen molar-refractivity contribution in [2.24, 2.45) is 0 Å². The molecule has 0 aliphatic carbocycles. The van der Waals surface area contributed by atoms with Crippen LogP contribution >= 0.6 is 11.6 Å². The molecular weight excluding hydrogens is 234 g/mol. The lowest BCUT2D eigenvalue weighted by atomic mass is 10.5. The Kier molecular flexibility index (Phi) is 3.10. The molecule has 0 saturated heterocycles. The van der Waals surface area contributed by atoms with Gasteiger partial charge in [0.2, 0.25) is 0 Å². The SMILES string of the molecule is COc1c(Cl)ncnc1NCc1nn[nH]n1. The highest BCUT2D eigenvalue weighted by Crippen LogP contribution is 2.28. The molecule has 84 valence electrons. The molecule has 0 fully saturated rings. The van der Waals surface area contributed by atoms with Gasteiger partial charge in [0.15, 0.2) is 22.5 Å². The van der Waals surface area contributed by atoms with Crippen LogP contribution in [0.25, 0.3) is 0 Å². The summed E-state index contributed by atoms with van der Waals surface area (Å²) in [7, 11) is 1.49. The first-order chi connectivity index (χ1) is 7.81. The van der Waals surface area contributed by atoms with Crippen molar-refractivity contribution in [3.8, 4) is 5.75 Å². The lowest BCUT2D eigenvalue weighted by Gasteiger charge is -2.08. The molecular formula is C7H8ClN7O. The minimum Gasteiger partial charge on any atom is -0.490 e. The largest absolute Gasteiger partial charge is 0.490 e. The van der Waals surface area contributed by atoms with Gasteiger partial charge in [-0.3, -0.25) is 0 Å². The van der Waals surface area contributed by atoms with Crippen molar-refractivity contribution >= 4 is 17.4 Å². The lowest BCUT2D eigenvalue weighted by molar-refractivity contribution is 0.413. The number of anilines is 1. The number of hydrogen-bond acceptors (Lipinski definition) is 7. The van der Waals surface area contributed by atoms with Gasteiger partial charge >= 0.3 is 0 Å². The standard InChI is InChI=1S/C7H8ClN7O/c1-16-5-6(8)10-3-11-7(5)9-2-4-12-14-15-13-4/h3H,2H2,1H3,(H,9,10,11)(H,12,13,14,15). The zero-order chi connectivity index (χ0) is 11.4. The summed E-state index contributed by atoms with van der Waals surface area (Å²) in [4.78, 5) is 7.79. The van der Waals surface area contributed by atoms with Gasteiger partial charge in [-0.2, -0.15) is 5.21 Å². The quantitative estimate of drug-likeness (QED) is 0.741. The smallest absolute Gasteiger partial charge is 0.198 e. The van der Waals surface area contributed by atoms with E-state index < -0.39 is 0 Å². The summed E-state index contributed by atoms with van der Waals surface area (Å²) in [5.41, 5.74) is 0. The highest BCUT2D eigenvalue weighted by atomic mass is 35.5. The average molecular weight is 242 g/mol. The van der Waals surface area contributed by atoms with Crippen LogP contribution in [0.1, 0.15) is 5.82 Å². The third-order valence-electron chi connectivity index (χ3n) is 1.77. The maximum Gasteiger partial charge on any atom is 0.198 e. The fourth-order valence-electron chi connectivity index (χ4n) is 1.08. The third kappa shape index (κ3) is 2.16. The van der Waals surface area contributed by atoms with E-state index in [4.69, 9.17) is 16.3 Å². The Morgan fingerprint density at radius 3 is 3.06 bits per heavy atom. The molecule has 2 rings (SSSR count). The molecule has 0 saturated carbocycles. The van der Waals surface area contributed by atoms with Crippen molar-refractivity contribution in [3.63, 3.8) is 0 Å². The molecule has 2 aromatic heterocycles. The molecule has 0 spiro atoms. The van der Waals surface area contributed by atoms with Gasteiger partial charge in [0, 0.05) is 0 Å². The van der Waals surface area contributed by atoms with Crippen LogP contribution in [0.5, 0.6) is 5.75 Å². The summed E-state index contributed by atoms with van der Waals surface area (Å²) in [6, 6.07) is 0. The highest BCUT2D eigenvalue weighted by molar-refractivity contribution is 6.31. The number of nitrogens with zero attached hydrogens (tertiary/aromatic N) is 5. The third-order valence-corrected chi connectivity index (χ3v) is 2.04. The molecule has 8 nitrogen and oxygen atoms in total. The normalized spacial score (nSPS) is 10.1. The van der Waals surface area contributed by atoms with E-state index in [1.807, 2.05) is 0 Å². The molecule has 2 aromatic rings. The number of halogens is 1. The van der Waals surface area contributed by atoms with Gasteiger partial charge in [-0.15, -0.1) is 10.2 Å². The lowest BCUT2D eigenvalue weighted by Crippen LogP contribution is -2.05. The van der Waals surface area contributed by atoms with E-state index >= 15 is 0 Å². The Balaban J connectivity index is 2.12. The van der Waals surface area contributed by atoms with Gasteiger partial charge in [0.1, 0.15) is 6.33 Å². The van der Waals surface area contributed by atoms with Crippen LogP contribution in [-0.2, 0) is 6.54 Å². The van der Waals surface area contributed by atoms with Crippen molar-refractivity contribution in [3.05, 3.63) is 17.3 Å². The highest BCUT2D eigenvalue weighted by Gasteiger charge is 2.10. The van der Waals surface area contributed by atoms with E-state index in [9.17, 15) is 0 Å². The Hall–Kier alpha value is -1.96. The molecule has 0 amide bonds. The average Bonchev–Trinajstić information content (AvgIpc) is 2.79. The molecule has 0 aliphatic heterocycles. The first kappa shape index (κ1) is 10.6. The fraction of sp³-hybridized carbons (Fsp3) is 0.286. The molecule has 0 atom stereocenters. The zero-order valence-corrected chi connectivity index (χ0v) is 9.06. The van der Waals surface area contributed by atoms with Crippen LogP contribution in [-0.4, -0.2) is 37.7 Å². The maximum absolute atomic E-state index is 5.82. The van der Waals surface area contributed by atoms with Gasteiger partial charge in [-0.05, 0) is 0 Å². The molecule has 0 unspecified atom stereocenters. The van der Waals surface area contributed by atoms with E-state index in [2.05, 4.69) is 35.9 Å². The minimum atomic E-state index is 0.244. The van der Waals surface area contributed by atoms with Crippen molar-refractivity contribution in [1.29, 1.82) is 0 Å². The number of nitrogens with one attached hydrogen (secondary N) is 2. The van der Waals surface area contributed by atoms with Crippen molar-refractivity contribution in [1.82, 2.24) is 30.6 Å². The van der Waals surface area contributed by atoms with Gasteiger partial charge in [0.25, 0.3) is 0 Å². The van der Waals surface area contributed by atoms with Crippen LogP contribution < -0.4 is 10.1 Å². The van der Waals surface area contributed by atoms with Crippen LogP contribution in [0, 0.1) is 0 Å². The van der Waals surface area contributed by atoms with Crippen LogP contribution in [0.3, 0.4) is 0 Å². The second kappa shape index (κ2) is 4.71. The number of ether oxygens (including phenoxy) is 1. The Labute approximate surface area is 95.4 Å². The molecule has 9 heteroatoms. The number of hydrogen-bond donors (Lipinski definition) is 2. The summed E-state index contributed by atoms with van der Waals surface area (Å²) < 4.78 is 5.06. The number of rotatable bonds is 4. The topological polar surface area (TPSA) is 102 Å². The molecule has 0 aromatic carbocycles. The minimum absolute atomic E-state index is 0.244. The number of aromatic amines is 1. The molecule has 0 aliphatic rings. The van der Waals surface area contributed by atoms with E-state index in [0.717, 1.165) is 0 Å². The Bertz CT molecular complexity index is 460. The fourth-order valence-corrected chi connectivity index (χ4v) is 1.29. The van der Waals surface area contributed by atoms with Crippen LogP contribution in [0.15, 0.2) is 6.33 Å². The summed E-state index contributed by atoms with van der Waals surface area (Å²) in [5, 5.41) is 16.5. The van der Waals surface area contributed by atoms with E-state index in [1.165, 1.54) is 13.4 Å². The van der Waals surface area contributed by atoms with Gasteiger partial charge in [0.05, 0.1) is 13.7 Å². The summed E-state index contributed by atoms with van der Waals surface area (Å²) >= 11 is 5.82. The van der Waals surface area contributed by atoms with Gasteiger partial charge in [-0.1, -0.05) is 16.8 Å². The summed E-state index contributed by atoms with van der Waals surface area (Å²) in [6.07, 6.45) is 1.34. The van der Waals surface area contributed by atoms with Gasteiger partial charge in [-0.25, -0.2) is 9.97 Å². The molecule has 2 heterocycles. The second-order valence-electron chi connectivity index (χ2n) is 2.73. The van der Waals surface area contributed by atoms with Gasteiger partial charge < -0.3 is 10.1 Å². The predicted octanol–water partition coefficient (Wildman–Crippen LogP) is 0.264. The van der Waals surface area contributed by atoms with E-state index in [1.54, 1.807) is 0 Å².